The summed E-state index contributed by atoms with van der Waals surface area (Å²) in [5.74, 6) is 0. The van der Waals surface area contributed by atoms with E-state index in [1.165, 1.54) is 16.9 Å². The molecule has 1 aliphatic heterocycles. The molecule has 1 aromatic rings. The Bertz CT molecular complexity index is 585. The number of aromatic nitrogens is 1. The number of anilines is 1. The summed E-state index contributed by atoms with van der Waals surface area (Å²) in [6, 6.07) is 0.435. The fraction of sp³-hybridized carbons (Fsp3) is 0.652. The Morgan fingerprint density at radius 1 is 1.00 bits per heavy atom. The van der Waals surface area contributed by atoms with Crippen molar-refractivity contribution in [1.82, 2.24) is 4.57 Å². The lowest BCUT2D eigenvalue weighted by molar-refractivity contribution is 0.147. The molecule has 0 aromatic carbocycles. The van der Waals surface area contributed by atoms with E-state index < -0.39 is 0 Å². The van der Waals surface area contributed by atoms with E-state index in [4.69, 9.17) is 0 Å². The molecule has 1 aromatic heterocycles. The number of aryl methyl sites for hydroxylation is 1. The second kappa shape index (κ2) is 9.31. The summed E-state index contributed by atoms with van der Waals surface area (Å²) in [5, 5.41) is 0. The van der Waals surface area contributed by atoms with Crippen LogP contribution < -0.4 is 4.90 Å². The molecule has 0 radical (unpaired) electrons. The lowest BCUT2D eigenvalue weighted by Crippen LogP contribution is -2.55. The fourth-order valence-corrected chi connectivity index (χ4v) is 3.49. The van der Waals surface area contributed by atoms with Gasteiger partial charge in [0.25, 0.3) is 0 Å². The number of allylic oxidation sites excluding steroid dienone is 3. The number of nitrogens with zero attached hydrogens (tertiary/aromatic N) is 2. The highest BCUT2D eigenvalue weighted by atomic mass is 15.2. The van der Waals surface area contributed by atoms with Gasteiger partial charge >= 0.3 is 0 Å². The molecule has 0 amide bonds. The Labute approximate surface area is 157 Å². The van der Waals surface area contributed by atoms with Crippen LogP contribution in [-0.2, 0) is 12.5 Å². The van der Waals surface area contributed by atoms with E-state index in [0.29, 0.717) is 6.04 Å². The van der Waals surface area contributed by atoms with Crippen molar-refractivity contribution < 1.29 is 0 Å². The van der Waals surface area contributed by atoms with Crippen molar-refractivity contribution in [2.24, 2.45) is 12.5 Å². The quantitative estimate of drug-likeness (QED) is 0.520. The van der Waals surface area contributed by atoms with Crippen LogP contribution in [0.4, 0.5) is 5.69 Å². The van der Waals surface area contributed by atoms with E-state index in [9.17, 15) is 0 Å². The first kappa shape index (κ1) is 23.6. The lowest BCUT2D eigenvalue weighted by atomic mass is 9.58. The van der Waals surface area contributed by atoms with Crippen LogP contribution in [0.3, 0.4) is 0 Å². The van der Waals surface area contributed by atoms with Crippen molar-refractivity contribution in [1.29, 1.82) is 0 Å². The predicted molar refractivity (Wildman–Crippen MR) is 115 cm³/mol. The highest BCUT2D eigenvalue weighted by Crippen LogP contribution is 2.54. The Morgan fingerprint density at radius 3 is 1.96 bits per heavy atom. The van der Waals surface area contributed by atoms with Gasteiger partial charge in [0.1, 0.15) is 0 Å². The summed E-state index contributed by atoms with van der Waals surface area (Å²) in [4.78, 5) is 2.50. The van der Waals surface area contributed by atoms with Gasteiger partial charge < -0.3 is 9.47 Å². The van der Waals surface area contributed by atoms with Crippen LogP contribution in [0.5, 0.6) is 0 Å². The van der Waals surface area contributed by atoms with E-state index in [0.717, 1.165) is 0 Å². The number of fused-ring (bicyclic) bond motifs is 1. The second-order valence-electron chi connectivity index (χ2n) is 7.33. The summed E-state index contributed by atoms with van der Waals surface area (Å²) in [6.07, 6.45) is 11.1. The molecule has 0 aliphatic carbocycles. The van der Waals surface area contributed by atoms with Gasteiger partial charge in [-0.15, -0.1) is 0 Å². The van der Waals surface area contributed by atoms with Crippen LogP contribution in [0.2, 0.25) is 0 Å². The largest absolute Gasteiger partial charge is 0.355 e. The van der Waals surface area contributed by atoms with E-state index in [1.807, 2.05) is 27.7 Å². The third kappa shape index (κ3) is 4.04. The normalized spacial score (nSPS) is 21.0. The lowest BCUT2D eigenvalue weighted by Gasteiger charge is -2.55. The zero-order valence-electron chi connectivity index (χ0n) is 18.9. The first-order chi connectivity index (χ1) is 11.7. The number of rotatable bonds is 2. The molecular weight excluding hydrogens is 304 g/mol. The zero-order chi connectivity index (χ0) is 20.0. The molecule has 2 rings (SSSR count). The molecule has 2 heteroatoms. The average Bonchev–Trinajstić information content (AvgIpc) is 2.99. The van der Waals surface area contributed by atoms with Crippen molar-refractivity contribution in [3.8, 4) is 0 Å². The summed E-state index contributed by atoms with van der Waals surface area (Å²) < 4.78 is 2.19. The molecule has 1 atom stereocenters. The Balaban J connectivity index is 0.00000134. The molecule has 2 nitrogen and oxygen atoms in total. The van der Waals surface area contributed by atoms with Gasteiger partial charge in [-0.25, -0.2) is 0 Å². The topological polar surface area (TPSA) is 8.17 Å². The highest BCUT2D eigenvalue weighted by molar-refractivity contribution is 5.65. The standard InChI is InChI=1S/C19H30N2.2C2H6/c1-9-11-15(10-2)21-14(3)18(4,5)19(6,7)16-12-20(8)13-17(16)21;2*1-2/h9-14H,1-8H3;2*1-2H3/b11-9-,15-10+;;. The van der Waals surface area contributed by atoms with Crippen molar-refractivity contribution in [2.75, 3.05) is 4.90 Å². The minimum atomic E-state index is 0.147. The molecule has 2 heterocycles. The summed E-state index contributed by atoms with van der Waals surface area (Å²) in [5.41, 5.74) is 4.39. The predicted octanol–water partition coefficient (Wildman–Crippen LogP) is 7.07. The summed E-state index contributed by atoms with van der Waals surface area (Å²) in [6.45, 7) is 24.1. The van der Waals surface area contributed by atoms with Crippen LogP contribution in [-0.4, -0.2) is 10.6 Å². The Hall–Kier alpha value is -1.44. The monoisotopic (exact) mass is 346 g/mol. The smallest absolute Gasteiger partial charge is 0.0631 e. The molecule has 0 bridgehead atoms. The van der Waals surface area contributed by atoms with Crippen LogP contribution >= 0.6 is 0 Å². The van der Waals surface area contributed by atoms with Crippen molar-refractivity contribution in [2.45, 2.75) is 87.6 Å². The second-order valence-corrected chi connectivity index (χ2v) is 7.33. The van der Waals surface area contributed by atoms with Crippen LogP contribution in [0.25, 0.3) is 0 Å². The summed E-state index contributed by atoms with van der Waals surface area (Å²) in [7, 11) is 2.12. The van der Waals surface area contributed by atoms with E-state index in [1.54, 1.807) is 0 Å². The maximum Gasteiger partial charge on any atom is 0.0631 e. The highest BCUT2D eigenvalue weighted by Gasteiger charge is 2.51. The van der Waals surface area contributed by atoms with E-state index in [2.05, 4.69) is 95.6 Å². The third-order valence-corrected chi connectivity index (χ3v) is 5.82. The molecule has 1 unspecified atom stereocenters. The minimum Gasteiger partial charge on any atom is -0.355 e. The van der Waals surface area contributed by atoms with Gasteiger partial charge in [0.15, 0.2) is 0 Å². The van der Waals surface area contributed by atoms with Gasteiger partial charge in [0.2, 0.25) is 0 Å². The van der Waals surface area contributed by atoms with Crippen LogP contribution in [0.1, 0.15) is 81.7 Å². The number of hydrogen-bond donors (Lipinski definition) is 0. The Kier molecular flexibility index (Phi) is 8.77. The molecule has 0 fully saturated rings. The van der Waals surface area contributed by atoms with Crippen molar-refractivity contribution >= 4 is 5.69 Å². The van der Waals surface area contributed by atoms with Crippen LogP contribution in [0, 0.1) is 5.41 Å². The molecule has 144 valence electrons. The van der Waals surface area contributed by atoms with E-state index >= 15 is 0 Å². The van der Waals surface area contributed by atoms with Gasteiger partial charge in [0, 0.05) is 36.6 Å². The van der Waals surface area contributed by atoms with Gasteiger partial charge in [-0.1, -0.05) is 67.5 Å². The first-order valence-corrected chi connectivity index (χ1v) is 9.93. The van der Waals surface area contributed by atoms with Gasteiger partial charge in [0.05, 0.1) is 5.69 Å². The van der Waals surface area contributed by atoms with Crippen molar-refractivity contribution in [3.05, 3.63) is 41.9 Å². The molecule has 0 N–H and O–H groups in total. The summed E-state index contributed by atoms with van der Waals surface area (Å²) >= 11 is 0. The first-order valence-electron chi connectivity index (χ1n) is 9.93. The van der Waals surface area contributed by atoms with E-state index in [-0.39, 0.29) is 10.8 Å². The molecule has 25 heavy (non-hydrogen) atoms. The van der Waals surface area contributed by atoms with Gasteiger partial charge in [-0.2, -0.15) is 0 Å². The van der Waals surface area contributed by atoms with Gasteiger partial charge in [-0.3, -0.25) is 0 Å². The minimum absolute atomic E-state index is 0.147. The molecule has 1 aliphatic rings. The van der Waals surface area contributed by atoms with Crippen LogP contribution in [0.15, 0.2) is 36.3 Å². The zero-order valence-corrected chi connectivity index (χ0v) is 18.9. The third-order valence-electron chi connectivity index (χ3n) is 5.82. The molecule has 0 saturated carbocycles. The average molecular weight is 347 g/mol. The SMILES string of the molecule is C/C=C\C(=C/C)N1c2cn(C)cc2C(C)(C)C(C)(C)C1C.CC.CC. The molecule has 0 saturated heterocycles. The fourth-order valence-electron chi connectivity index (χ4n) is 3.49. The van der Waals surface area contributed by atoms with Crippen molar-refractivity contribution in [3.63, 3.8) is 0 Å². The Morgan fingerprint density at radius 2 is 1.52 bits per heavy atom. The molecule has 0 spiro atoms. The maximum absolute atomic E-state index is 2.50. The maximum atomic E-state index is 2.50. The number of hydrogen-bond acceptors (Lipinski definition) is 1. The molecular formula is C23H42N2. The van der Waals surface area contributed by atoms with Gasteiger partial charge in [-0.05, 0) is 37.8 Å².